The number of nitrogens with one attached hydrogen (secondary N) is 1. The molecule has 5 rings (SSSR count). The zero-order valence-corrected chi connectivity index (χ0v) is 18.5. The fourth-order valence-electron chi connectivity index (χ4n) is 3.58. The first-order valence-corrected chi connectivity index (χ1v) is 12.4. The number of aromatic nitrogens is 3. The topological polar surface area (TPSA) is 67.8 Å². The van der Waals surface area contributed by atoms with Gasteiger partial charge in [0.15, 0.2) is 5.13 Å². The van der Waals surface area contributed by atoms with E-state index in [2.05, 4.69) is 10.3 Å². The van der Waals surface area contributed by atoms with Crippen molar-refractivity contribution < 1.29 is 4.79 Å². The molecule has 146 valence electrons. The van der Waals surface area contributed by atoms with Crippen LogP contribution in [0.3, 0.4) is 0 Å². The summed E-state index contributed by atoms with van der Waals surface area (Å²) in [6.07, 6.45) is 7.13. The highest BCUT2D eigenvalue weighted by Gasteiger charge is 2.29. The van der Waals surface area contributed by atoms with Gasteiger partial charge in [-0.25, -0.2) is 15.0 Å². The molecule has 0 aliphatic heterocycles. The maximum atomic E-state index is 12.5. The third kappa shape index (κ3) is 3.57. The quantitative estimate of drug-likeness (QED) is 0.442. The first-order valence-electron chi connectivity index (χ1n) is 9.77. The number of nitrogens with zero attached hydrogens (tertiary/aromatic N) is 3. The lowest BCUT2D eigenvalue weighted by molar-refractivity contribution is -0.113. The second-order valence-electron chi connectivity index (χ2n) is 7.55. The lowest BCUT2D eigenvalue weighted by Gasteiger charge is -2.12. The second-order valence-corrected chi connectivity index (χ2v) is 10.8. The Morgan fingerprint density at radius 2 is 1.96 bits per heavy atom. The molecule has 3 aromatic heterocycles. The van der Waals surface area contributed by atoms with E-state index in [1.165, 1.54) is 52.8 Å². The number of anilines is 1. The summed E-state index contributed by atoms with van der Waals surface area (Å²) < 4.78 is 0. The van der Waals surface area contributed by atoms with E-state index in [0.717, 1.165) is 39.1 Å². The largest absolute Gasteiger partial charge is 0.301 e. The summed E-state index contributed by atoms with van der Waals surface area (Å²) >= 11 is 4.91. The molecule has 8 heteroatoms. The van der Waals surface area contributed by atoms with E-state index >= 15 is 0 Å². The Bertz CT molecular complexity index is 1050. The molecular weight excluding hydrogens is 408 g/mol. The molecule has 1 N–H and O–H groups in total. The Labute approximate surface area is 176 Å². The molecule has 1 fully saturated rings. The van der Waals surface area contributed by atoms with E-state index in [1.807, 2.05) is 25.2 Å². The van der Waals surface area contributed by atoms with Crippen molar-refractivity contribution in [3.63, 3.8) is 0 Å². The van der Waals surface area contributed by atoms with Gasteiger partial charge in [0.25, 0.3) is 0 Å². The van der Waals surface area contributed by atoms with Gasteiger partial charge in [-0.1, -0.05) is 11.8 Å². The number of thiophene rings is 1. The Hall–Kier alpha value is -1.51. The average molecular weight is 431 g/mol. The van der Waals surface area contributed by atoms with Crippen molar-refractivity contribution in [1.29, 1.82) is 0 Å². The van der Waals surface area contributed by atoms with E-state index in [4.69, 9.17) is 9.97 Å². The number of hydrogen-bond acceptors (Lipinski definition) is 7. The van der Waals surface area contributed by atoms with Crippen LogP contribution in [0.2, 0.25) is 0 Å². The highest BCUT2D eigenvalue weighted by molar-refractivity contribution is 8.00. The maximum Gasteiger partial charge on any atom is 0.236 e. The van der Waals surface area contributed by atoms with E-state index < -0.39 is 0 Å². The van der Waals surface area contributed by atoms with Crippen molar-refractivity contribution in [3.8, 4) is 0 Å². The van der Waals surface area contributed by atoms with E-state index in [9.17, 15) is 4.79 Å². The van der Waals surface area contributed by atoms with Crippen LogP contribution in [0.15, 0.2) is 5.03 Å². The summed E-state index contributed by atoms with van der Waals surface area (Å²) in [4.78, 5) is 30.4. The summed E-state index contributed by atoms with van der Waals surface area (Å²) in [5.41, 5.74) is 2.41. The van der Waals surface area contributed by atoms with Gasteiger partial charge < -0.3 is 5.32 Å². The molecular formula is C20H22N4OS3. The molecule has 0 spiro atoms. The van der Waals surface area contributed by atoms with Crippen molar-refractivity contribution >= 4 is 55.7 Å². The summed E-state index contributed by atoms with van der Waals surface area (Å²) in [6.45, 7) is 3.99. The third-order valence-electron chi connectivity index (χ3n) is 5.36. The van der Waals surface area contributed by atoms with Crippen LogP contribution in [0.5, 0.6) is 0 Å². The number of fused-ring (bicyclic) bond motifs is 3. The lowest BCUT2D eigenvalue weighted by atomic mass is 9.97. The second kappa shape index (κ2) is 7.39. The number of amides is 1. The highest BCUT2D eigenvalue weighted by Crippen LogP contribution is 2.44. The zero-order valence-electron chi connectivity index (χ0n) is 16.0. The molecule has 0 saturated heterocycles. The standard InChI is InChI=1S/C20H22N4OS3/c1-10-11(2)27-20(21-10)22-15(25)9-26-18-16-13-5-3-4-6-14(13)28-19(16)24-17(23-18)12-7-8-12/h12H,3-9H2,1-2H3,(H,21,22,25). The normalized spacial score (nSPS) is 16.4. The van der Waals surface area contributed by atoms with Gasteiger partial charge in [0.05, 0.1) is 11.4 Å². The summed E-state index contributed by atoms with van der Waals surface area (Å²) in [5.74, 6) is 1.80. The van der Waals surface area contributed by atoms with Crippen LogP contribution in [-0.4, -0.2) is 26.6 Å². The van der Waals surface area contributed by atoms with Crippen molar-refractivity contribution in [2.45, 2.75) is 63.3 Å². The van der Waals surface area contributed by atoms with Crippen LogP contribution in [-0.2, 0) is 17.6 Å². The van der Waals surface area contributed by atoms with Crippen LogP contribution in [0.1, 0.15) is 58.4 Å². The van der Waals surface area contributed by atoms with Gasteiger partial charge in [-0.15, -0.1) is 22.7 Å². The predicted octanol–water partition coefficient (Wildman–Crippen LogP) is 5.25. The molecule has 0 radical (unpaired) electrons. The summed E-state index contributed by atoms with van der Waals surface area (Å²) in [6, 6.07) is 0. The molecule has 5 nitrogen and oxygen atoms in total. The van der Waals surface area contributed by atoms with Crippen LogP contribution in [0.25, 0.3) is 10.2 Å². The minimum absolute atomic E-state index is 0.0254. The van der Waals surface area contributed by atoms with Crippen LogP contribution >= 0.6 is 34.4 Å². The fraction of sp³-hybridized carbons (Fsp3) is 0.500. The number of carbonyl (C=O) groups excluding carboxylic acids is 1. The minimum atomic E-state index is -0.0254. The Morgan fingerprint density at radius 3 is 2.71 bits per heavy atom. The van der Waals surface area contributed by atoms with Gasteiger partial charge in [-0.2, -0.15) is 0 Å². The van der Waals surface area contributed by atoms with Gasteiger partial charge in [0.1, 0.15) is 15.7 Å². The Kier molecular flexibility index (Phi) is 4.88. The number of aryl methyl sites for hydroxylation is 4. The zero-order chi connectivity index (χ0) is 19.3. The number of hydrogen-bond donors (Lipinski definition) is 1. The molecule has 28 heavy (non-hydrogen) atoms. The Balaban J connectivity index is 1.40. The van der Waals surface area contributed by atoms with Crippen LogP contribution in [0.4, 0.5) is 5.13 Å². The van der Waals surface area contributed by atoms with E-state index in [-0.39, 0.29) is 5.91 Å². The Morgan fingerprint density at radius 1 is 1.14 bits per heavy atom. The summed E-state index contributed by atoms with van der Waals surface area (Å²) in [7, 11) is 0. The molecule has 2 aliphatic carbocycles. The lowest BCUT2D eigenvalue weighted by Crippen LogP contribution is -2.14. The monoisotopic (exact) mass is 430 g/mol. The molecule has 3 aromatic rings. The molecule has 0 unspecified atom stereocenters. The summed E-state index contributed by atoms with van der Waals surface area (Å²) in [5, 5.41) is 5.82. The highest BCUT2D eigenvalue weighted by atomic mass is 32.2. The van der Waals surface area contributed by atoms with Crippen molar-refractivity contribution in [2.75, 3.05) is 11.1 Å². The van der Waals surface area contributed by atoms with Crippen LogP contribution in [0, 0.1) is 13.8 Å². The minimum Gasteiger partial charge on any atom is -0.301 e. The SMILES string of the molecule is Cc1nc(NC(=O)CSc2nc(C3CC3)nc3sc4c(c23)CCCC4)sc1C. The van der Waals surface area contributed by atoms with Gasteiger partial charge in [0, 0.05) is 21.1 Å². The first kappa shape index (κ1) is 18.5. The smallest absolute Gasteiger partial charge is 0.236 e. The third-order valence-corrected chi connectivity index (χ3v) is 8.51. The van der Waals surface area contributed by atoms with Gasteiger partial charge >= 0.3 is 0 Å². The van der Waals surface area contributed by atoms with Crippen molar-refractivity contribution in [1.82, 2.24) is 15.0 Å². The average Bonchev–Trinajstić information content (AvgIpc) is 3.39. The van der Waals surface area contributed by atoms with Crippen molar-refractivity contribution in [2.24, 2.45) is 0 Å². The number of thioether (sulfide) groups is 1. The van der Waals surface area contributed by atoms with Crippen LogP contribution < -0.4 is 5.32 Å². The van der Waals surface area contributed by atoms with Gasteiger partial charge in [-0.3, -0.25) is 4.79 Å². The van der Waals surface area contributed by atoms with Crippen molar-refractivity contribution in [3.05, 3.63) is 26.8 Å². The maximum absolute atomic E-state index is 12.5. The fourth-order valence-corrected chi connectivity index (χ4v) is 6.61. The molecule has 3 heterocycles. The van der Waals surface area contributed by atoms with Gasteiger partial charge in [-0.05, 0) is 57.9 Å². The van der Waals surface area contributed by atoms with Gasteiger partial charge in [0.2, 0.25) is 5.91 Å². The van der Waals surface area contributed by atoms with E-state index in [1.54, 1.807) is 11.8 Å². The number of carbonyl (C=O) groups is 1. The molecule has 1 amide bonds. The predicted molar refractivity (Wildman–Crippen MR) is 117 cm³/mol. The number of thiazole rings is 1. The molecule has 1 saturated carbocycles. The molecule has 0 atom stereocenters. The van der Waals surface area contributed by atoms with E-state index in [0.29, 0.717) is 16.8 Å². The number of rotatable bonds is 5. The molecule has 2 aliphatic rings. The molecule has 0 aromatic carbocycles. The first-order chi connectivity index (χ1) is 13.6. The molecule has 0 bridgehead atoms.